The average Bonchev–Trinajstić information content (AvgIpc) is 2.82. The minimum Gasteiger partial charge on any atom is -0.268 e. The molecule has 0 unspecified atom stereocenters. The van der Waals surface area contributed by atoms with Gasteiger partial charge in [-0.25, -0.2) is 5.10 Å². The molecule has 0 spiro atoms. The first-order chi connectivity index (χ1) is 9.25. The second-order valence-electron chi connectivity index (χ2n) is 3.83. The van der Waals surface area contributed by atoms with Crippen LogP contribution in [-0.4, -0.2) is 25.0 Å². The number of hydrogen-bond donors (Lipinski definition) is 2. The first-order valence-electron chi connectivity index (χ1n) is 5.54. The monoisotopic (exact) mass is 271 g/mol. The molecule has 0 amide bonds. The Bertz CT molecular complexity index is 797. The third kappa shape index (κ3) is 2.11. The summed E-state index contributed by atoms with van der Waals surface area (Å²) in [5.41, 5.74) is 1.16. The van der Waals surface area contributed by atoms with Gasteiger partial charge in [0.15, 0.2) is 10.6 Å². The molecular formula is C12H9N5OS. The fraction of sp³-hybridized carbons (Fsp3) is 0. The third-order valence-electron chi connectivity index (χ3n) is 2.59. The van der Waals surface area contributed by atoms with Crippen molar-refractivity contribution in [1.82, 2.24) is 25.0 Å². The van der Waals surface area contributed by atoms with E-state index in [0.717, 1.165) is 5.69 Å². The Hall–Kier alpha value is -2.54. The van der Waals surface area contributed by atoms with Crippen LogP contribution in [-0.2, 0) is 0 Å². The number of para-hydroxylation sites is 1. The van der Waals surface area contributed by atoms with E-state index in [9.17, 15) is 4.79 Å². The van der Waals surface area contributed by atoms with Crippen LogP contribution in [0.15, 0.2) is 47.3 Å². The van der Waals surface area contributed by atoms with Crippen molar-refractivity contribution in [3.8, 4) is 17.2 Å². The molecule has 6 nitrogen and oxygen atoms in total. The maximum atomic E-state index is 11.0. The molecular weight excluding hydrogens is 262 g/mol. The molecule has 19 heavy (non-hydrogen) atoms. The second-order valence-corrected chi connectivity index (χ2v) is 4.22. The lowest BCUT2D eigenvalue weighted by atomic mass is 10.3. The summed E-state index contributed by atoms with van der Waals surface area (Å²) in [7, 11) is 0. The normalized spacial score (nSPS) is 10.5. The highest BCUT2D eigenvalue weighted by molar-refractivity contribution is 7.71. The van der Waals surface area contributed by atoms with Crippen LogP contribution >= 0.6 is 12.2 Å². The average molecular weight is 271 g/mol. The number of H-pyrrole nitrogens is 2. The number of hydrogen-bond acceptors (Lipinski definition) is 4. The molecule has 2 N–H and O–H groups in total. The van der Waals surface area contributed by atoms with Crippen LogP contribution in [0, 0.1) is 4.77 Å². The number of aromatic nitrogens is 5. The number of nitrogens with one attached hydrogen (secondary N) is 2. The molecule has 94 valence electrons. The molecule has 0 saturated carbocycles. The zero-order valence-electron chi connectivity index (χ0n) is 9.70. The fourth-order valence-electron chi connectivity index (χ4n) is 1.75. The van der Waals surface area contributed by atoms with E-state index in [-0.39, 0.29) is 5.56 Å². The van der Waals surface area contributed by atoms with E-state index in [1.807, 2.05) is 30.3 Å². The van der Waals surface area contributed by atoms with E-state index >= 15 is 0 Å². The molecule has 3 rings (SSSR count). The van der Waals surface area contributed by atoms with Gasteiger partial charge in [0, 0.05) is 6.07 Å². The smallest absolute Gasteiger partial charge is 0.264 e. The Labute approximate surface area is 112 Å². The molecule has 7 heteroatoms. The summed E-state index contributed by atoms with van der Waals surface area (Å²) in [5, 5.41) is 13.2. The Morgan fingerprint density at radius 1 is 1.00 bits per heavy atom. The Kier molecular flexibility index (Phi) is 2.81. The van der Waals surface area contributed by atoms with Crippen LogP contribution < -0.4 is 5.56 Å². The molecule has 0 aliphatic rings. The molecule has 0 fully saturated rings. The van der Waals surface area contributed by atoms with E-state index in [1.54, 1.807) is 10.6 Å². The zero-order chi connectivity index (χ0) is 13.2. The van der Waals surface area contributed by atoms with Crippen LogP contribution in [0.2, 0.25) is 0 Å². The van der Waals surface area contributed by atoms with Gasteiger partial charge in [-0.05, 0) is 30.4 Å². The minimum atomic E-state index is -0.260. The zero-order valence-corrected chi connectivity index (χ0v) is 10.5. The highest BCUT2D eigenvalue weighted by Gasteiger charge is 2.11. The van der Waals surface area contributed by atoms with Gasteiger partial charge in [-0.15, -0.1) is 0 Å². The molecule has 0 bridgehead atoms. The second kappa shape index (κ2) is 4.62. The number of aromatic amines is 2. The van der Waals surface area contributed by atoms with E-state index in [4.69, 9.17) is 12.2 Å². The van der Waals surface area contributed by atoms with Gasteiger partial charge in [-0.1, -0.05) is 18.2 Å². The molecule has 2 aromatic heterocycles. The molecule has 0 aliphatic carbocycles. The molecule has 2 heterocycles. The summed E-state index contributed by atoms with van der Waals surface area (Å²) in [6, 6.07) is 12.6. The van der Waals surface area contributed by atoms with Gasteiger partial charge < -0.3 is 0 Å². The Morgan fingerprint density at radius 3 is 2.47 bits per heavy atom. The fourth-order valence-corrected chi connectivity index (χ4v) is 1.99. The van der Waals surface area contributed by atoms with Gasteiger partial charge >= 0.3 is 0 Å². The van der Waals surface area contributed by atoms with Crippen LogP contribution in [0.25, 0.3) is 17.2 Å². The van der Waals surface area contributed by atoms with E-state index < -0.39 is 0 Å². The Balaban J connectivity index is 2.22. The van der Waals surface area contributed by atoms with Crippen LogP contribution in [0.3, 0.4) is 0 Å². The molecule has 0 radical (unpaired) electrons. The first kappa shape index (κ1) is 11.5. The van der Waals surface area contributed by atoms with Crippen molar-refractivity contribution < 1.29 is 0 Å². The lowest BCUT2D eigenvalue weighted by molar-refractivity contribution is 0.959. The van der Waals surface area contributed by atoms with E-state index in [1.165, 1.54) is 6.07 Å². The van der Waals surface area contributed by atoms with Crippen molar-refractivity contribution >= 4 is 12.2 Å². The molecule has 0 aliphatic heterocycles. The third-order valence-corrected chi connectivity index (χ3v) is 2.87. The lowest BCUT2D eigenvalue weighted by Gasteiger charge is -2.05. The Morgan fingerprint density at radius 2 is 1.79 bits per heavy atom. The summed E-state index contributed by atoms with van der Waals surface area (Å²) in [6.45, 7) is 0. The van der Waals surface area contributed by atoms with Crippen molar-refractivity contribution in [1.29, 1.82) is 0 Å². The van der Waals surface area contributed by atoms with Crippen molar-refractivity contribution in [2.75, 3.05) is 0 Å². The summed E-state index contributed by atoms with van der Waals surface area (Å²) in [4.78, 5) is 11.0. The highest BCUT2D eigenvalue weighted by Crippen LogP contribution is 2.18. The largest absolute Gasteiger partial charge is 0.268 e. The van der Waals surface area contributed by atoms with Crippen molar-refractivity contribution in [3.63, 3.8) is 0 Å². The van der Waals surface area contributed by atoms with E-state index in [2.05, 4.69) is 20.4 Å². The number of nitrogens with zero attached hydrogens (tertiary/aromatic N) is 3. The predicted octanol–water partition coefficient (Wildman–Crippen LogP) is 1.68. The quantitative estimate of drug-likeness (QED) is 0.695. The van der Waals surface area contributed by atoms with E-state index in [0.29, 0.717) is 16.3 Å². The SMILES string of the molecule is O=c1ccc(-c2n[nH]c(=S)n2-c2ccccc2)n[nH]1. The summed E-state index contributed by atoms with van der Waals surface area (Å²) in [5.74, 6) is 0.549. The van der Waals surface area contributed by atoms with Gasteiger partial charge in [-0.2, -0.15) is 10.2 Å². The first-order valence-corrected chi connectivity index (χ1v) is 5.95. The standard InChI is InChI=1S/C12H9N5OS/c18-10-7-6-9(13-14-10)11-15-16-12(19)17(11)8-4-2-1-3-5-8/h1-7H,(H,14,18)(H,16,19). The topological polar surface area (TPSA) is 79.4 Å². The summed E-state index contributed by atoms with van der Waals surface area (Å²) < 4.78 is 2.23. The van der Waals surface area contributed by atoms with Crippen molar-refractivity contribution in [3.05, 3.63) is 57.6 Å². The number of rotatable bonds is 2. The van der Waals surface area contributed by atoms with Gasteiger partial charge in [0.25, 0.3) is 5.56 Å². The molecule has 0 saturated heterocycles. The van der Waals surface area contributed by atoms with Crippen LogP contribution in [0.1, 0.15) is 0 Å². The molecule has 0 atom stereocenters. The molecule has 3 aromatic rings. The number of benzene rings is 1. The van der Waals surface area contributed by atoms with Gasteiger partial charge in [0.1, 0.15) is 5.69 Å². The molecule has 1 aromatic carbocycles. The maximum Gasteiger partial charge on any atom is 0.264 e. The predicted molar refractivity (Wildman–Crippen MR) is 72.6 cm³/mol. The van der Waals surface area contributed by atoms with Crippen molar-refractivity contribution in [2.45, 2.75) is 0 Å². The van der Waals surface area contributed by atoms with Gasteiger partial charge in [-0.3, -0.25) is 14.5 Å². The maximum absolute atomic E-state index is 11.0. The van der Waals surface area contributed by atoms with Gasteiger partial charge in [0.2, 0.25) is 0 Å². The summed E-state index contributed by atoms with van der Waals surface area (Å²) >= 11 is 5.23. The van der Waals surface area contributed by atoms with Crippen LogP contribution in [0.5, 0.6) is 0 Å². The summed E-state index contributed by atoms with van der Waals surface area (Å²) in [6.07, 6.45) is 0. The highest BCUT2D eigenvalue weighted by atomic mass is 32.1. The minimum absolute atomic E-state index is 0.260. The van der Waals surface area contributed by atoms with Gasteiger partial charge in [0.05, 0.1) is 5.69 Å². The lowest BCUT2D eigenvalue weighted by Crippen LogP contribution is -2.07. The van der Waals surface area contributed by atoms with Crippen molar-refractivity contribution in [2.24, 2.45) is 0 Å². The van der Waals surface area contributed by atoms with Crippen LogP contribution in [0.4, 0.5) is 0 Å².